The zero-order valence-electron chi connectivity index (χ0n) is 14.6. The van der Waals surface area contributed by atoms with E-state index in [0.29, 0.717) is 18.0 Å². The standard InChI is InChI=1S/C18H23N3O3S2/c22-26(23,21-9-1-2-10-21)16-7-5-14(6-8-16)17-13-25-18(20-17)19-12-15-4-3-11-24-15/h5-8,13,15H,1-4,9-12H2,(H,19,20)/t15-/m0/s1. The summed E-state index contributed by atoms with van der Waals surface area (Å²) in [6.45, 7) is 2.87. The molecule has 0 radical (unpaired) electrons. The minimum absolute atomic E-state index is 0.275. The summed E-state index contributed by atoms with van der Waals surface area (Å²) in [5.74, 6) is 0. The number of sulfonamides is 1. The lowest BCUT2D eigenvalue weighted by Gasteiger charge is -2.15. The number of thiazole rings is 1. The monoisotopic (exact) mass is 393 g/mol. The van der Waals surface area contributed by atoms with Crippen molar-refractivity contribution in [3.05, 3.63) is 29.6 Å². The van der Waals surface area contributed by atoms with Gasteiger partial charge in [-0.1, -0.05) is 12.1 Å². The number of benzene rings is 1. The van der Waals surface area contributed by atoms with Crippen molar-refractivity contribution in [2.24, 2.45) is 0 Å². The normalized spacial score (nSPS) is 21.3. The Balaban J connectivity index is 1.43. The molecule has 6 nitrogen and oxygen atoms in total. The van der Waals surface area contributed by atoms with Crippen LogP contribution in [-0.4, -0.2) is 50.1 Å². The number of hydrogen-bond donors (Lipinski definition) is 1. The molecule has 0 spiro atoms. The molecule has 2 aromatic rings. The highest BCUT2D eigenvalue weighted by Gasteiger charge is 2.27. The Hall–Kier alpha value is -1.48. The summed E-state index contributed by atoms with van der Waals surface area (Å²) in [6, 6.07) is 7.04. The third-order valence-corrected chi connectivity index (χ3v) is 7.57. The van der Waals surface area contributed by atoms with Crippen molar-refractivity contribution in [1.29, 1.82) is 0 Å². The largest absolute Gasteiger partial charge is 0.376 e. The summed E-state index contributed by atoms with van der Waals surface area (Å²) >= 11 is 1.55. The van der Waals surface area contributed by atoms with E-state index in [1.807, 2.05) is 17.5 Å². The number of anilines is 1. The maximum absolute atomic E-state index is 12.6. The molecule has 0 saturated carbocycles. The van der Waals surface area contributed by atoms with Crippen LogP contribution in [0.4, 0.5) is 5.13 Å². The van der Waals surface area contributed by atoms with Crippen molar-refractivity contribution in [1.82, 2.24) is 9.29 Å². The first-order valence-electron chi connectivity index (χ1n) is 9.04. The SMILES string of the molecule is O=S(=O)(c1ccc(-c2csc(NC[C@@H]3CCCO3)n2)cc1)N1CCCC1. The van der Waals surface area contributed by atoms with Crippen LogP contribution >= 0.6 is 11.3 Å². The van der Waals surface area contributed by atoms with E-state index < -0.39 is 10.0 Å². The number of hydrogen-bond acceptors (Lipinski definition) is 6. The van der Waals surface area contributed by atoms with Gasteiger partial charge in [0.05, 0.1) is 16.7 Å². The molecule has 2 aliphatic heterocycles. The van der Waals surface area contributed by atoms with E-state index in [0.717, 1.165) is 55.2 Å². The molecule has 26 heavy (non-hydrogen) atoms. The van der Waals surface area contributed by atoms with E-state index in [1.54, 1.807) is 27.8 Å². The molecule has 0 unspecified atom stereocenters. The summed E-state index contributed by atoms with van der Waals surface area (Å²) in [5.41, 5.74) is 1.78. The Morgan fingerprint density at radius 1 is 1.19 bits per heavy atom. The van der Waals surface area contributed by atoms with E-state index in [9.17, 15) is 8.42 Å². The lowest BCUT2D eigenvalue weighted by Crippen LogP contribution is -2.27. The fourth-order valence-corrected chi connectivity index (χ4v) is 5.62. The fourth-order valence-electron chi connectivity index (χ4n) is 3.37. The van der Waals surface area contributed by atoms with Crippen LogP contribution in [0.25, 0.3) is 11.3 Å². The highest BCUT2D eigenvalue weighted by Crippen LogP contribution is 2.28. The minimum atomic E-state index is -3.36. The van der Waals surface area contributed by atoms with E-state index >= 15 is 0 Å². The topological polar surface area (TPSA) is 71.5 Å². The van der Waals surface area contributed by atoms with Gasteiger partial charge in [-0.25, -0.2) is 13.4 Å². The highest BCUT2D eigenvalue weighted by molar-refractivity contribution is 7.89. The Labute approximate surface area is 158 Å². The van der Waals surface area contributed by atoms with Gasteiger partial charge in [0, 0.05) is 37.2 Å². The summed E-state index contributed by atoms with van der Waals surface area (Å²) < 4.78 is 32.4. The van der Waals surface area contributed by atoms with Gasteiger partial charge in [0.1, 0.15) is 0 Å². The second kappa shape index (κ2) is 7.64. The minimum Gasteiger partial charge on any atom is -0.376 e. The molecular weight excluding hydrogens is 370 g/mol. The Kier molecular flexibility index (Phi) is 5.26. The van der Waals surface area contributed by atoms with Gasteiger partial charge in [0.2, 0.25) is 10.0 Å². The van der Waals surface area contributed by atoms with E-state index in [2.05, 4.69) is 10.3 Å². The smallest absolute Gasteiger partial charge is 0.243 e. The van der Waals surface area contributed by atoms with Crippen molar-refractivity contribution in [2.45, 2.75) is 36.7 Å². The summed E-state index contributed by atoms with van der Waals surface area (Å²) in [5, 5.41) is 6.18. The molecule has 8 heteroatoms. The van der Waals surface area contributed by atoms with Crippen molar-refractivity contribution in [2.75, 3.05) is 31.6 Å². The molecule has 1 atom stereocenters. The number of rotatable bonds is 6. The van der Waals surface area contributed by atoms with Crippen LogP contribution in [0.1, 0.15) is 25.7 Å². The van der Waals surface area contributed by atoms with E-state index in [4.69, 9.17) is 4.74 Å². The van der Waals surface area contributed by atoms with Crippen LogP contribution in [-0.2, 0) is 14.8 Å². The molecule has 2 aliphatic rings. The first kappa shape index (κ1) is 17.9. The zero-order valence-corrected chi connectivity index (χ0v) is 16.2. The maximum Gasteiger partial charge on any atom is 0.243 e. The first-order valence-corrected chi connectivity index (χ1v) is 11.4. The van der Waals surface area contributed by atoms with E-state index in [1.165, 1.54) is 0 Å². The average molecular weight is 394 g/mol. The number of nitrogens with zero attached hydrogens (tertiary/aromatic N) is 2. The van der Waals surface area contributed by atoms with Crippen LogP contribution in [0.5, 0.6) is 0 Å². The molecule has 0 bridgehead atoms. The van der Waals surface area contributed by atoms with Crippen molar-refractivity contribution < 1.29 is 13.2 Å². The lowest BCUT2D eigenvalue weighted by atomic mass is 10.2. The summed E-state index contributed by atoms with van der Waals surface area (Å²) in [7, 11) is -3.36. The Morgan fingerprint density at radius 2 is 1.96 bits per heavy atom. The molecule has 3 heterocycles. The molecule has 1 aromatic heterocycles. The summed E-state index contributed by atoms with van der Waals surface area (Å²) in [4.78, 5) is 4.96. The highest BCUT2D eigenvalue weighted by atomic mass is 32.2. The Bertz CT molecular complexity index is 837. The predicted molar refractivity (Wildman–Crippen MR) is 103 cm³/mol. The van der Waals surface area contributed by atoms with Crippen LogP contribution in [0.15, 0.2) is 34.5 Å². The van der Waals surface area contributed by atoms with Gasteiger partial charge < -0.3 is 10.1 Å². The van der Waals surface area contributed by atoms with Crippen molar-refractivity contribution >= 4 is 26.5 Å². The Morgan fingerprint density at radius 3 is 2.65 bits per heavy atom. The predicted octanol–water partition coefficient (Wildman–Crippen LogP) is 3.19. The second-order valence-electron chi connectivity index (χ2n) is 6.69. The van der Waals surface area contributed by atoms with Crippen molar-refractivity contribution in [3.8, 4) is 11.3 Å². The van der Waals surface area contributed by atoms with Gasteiger partial charge in [-0.3, -0.25) is 0 Å². The molecule has 1 N–H and O–H groups in total. The van der Waals surface area contributed by atoms with Crippen LogP contribution in [0, 0.1) is 0 Å². The number of nitrogens with one attached hydrogen (secondary N) is 1. The maximum atomic E-state index is 12.6. The van der Waals surface area contributed by atoms with Gasteiger partial charge in [-0.2, -0.15) is 4.31 Å². The van der Waals surface area contributed by atoms with Gasteiger partial charge in [-0.15, -0.1) is 11.3 Å². The number of aromatic nitrogens is 1. The van der Waals surface area contributed by atoms with Crippen LogP contribution in [0.3, 0.4) is 0 Å². The fraction of sp³-hybridized carbons (Fsp3) is 0.500. The molecule has 2 saturated heterocycles. The molecule has 2 fully saturated rings. The molecule has 4 rings (SSSR count). The number of ether oxygens (including phenoxy) is 1. The molecule has 0 amide bonds. The average Bonchev–Trinajstić information content (AvgIpc) is 3.43. The van der Waals surface area contributed by atoms with Gasteiger partial charge in [0.15, 0.2) is 5.13 Å². The molecule has 0 aliphatic carbocycles. The molecule has 1 aromatic carbocycles. The van der Waals surface area contributed by atoms with Crippen molar-refractivity contribution in [3.63, 3.8) is 0 Å². The lowest BCUT2D eigenvalue weighted by molar-refractivity contribution is 0.120. The zero-order chi connectivity index (χ0) is 18.0. The van der Waals surface area contributed by atoms with E-state index in [-0.39, 0.29) is 6.10 Å². The summed E-state index contributed by atoms with van der Waals surface area (Å²) in [6.07, 6.45) is 4.38. The third-order valence-electron chi connectivity index (χ3n) is 4.86. The van der Waals surface area contributed by atoms with Gasteiger partial charge in [-0.05, 0) is 37.8 Å². The first-order chi connectivity index (χ1) is 12.6. The van der Waals surface area contributed by atoms with Crippen LogP contribution in [0.2, 0.25) is 0 Å². The van der Waals surface area contributed by atoms with Gasteiger partial charge in [0.25, 0.3) is 0 Å². The van der Waals surface area contributed by atoms with Gasteiger partial charge >= 0.3 is 0 Å². The quantitative estimate of drug-likeness (QED) is 0.816. The molecule has 140 valence electrons. The third kappa shape index (κ3) is 3.78. The van der Waals surface area contributed by atoms with Crippen LogP contribution < -0.4 is 5.32 Å². The molecular formula is C18H23N3O3S2. The second-order valence-corrected chi connectivity index (χ2v) is 9.49.